The van der Waals surface area contributed by atoms with Crippen LogP contribution in [0, 0.1) is 12.8 Å². The molecule has 3 fully saturated rings. The number of carbonyl (C=O) groups excluding carboxylic acids is 1. The molecule has 22 heavy (non-hydrogen) atoms. The Morgan fingerprint density at radius 3 is 2.91 bits per heavy atom. The highest BCUT2D eigenvalue weighted by Crippen LogP contribution is 2.35. The van der Waals surface area contributed by atoms with Gasteiger partial charge in [0, 0.05) is 38.6 Å². The lowest BCUT2D eigenvalue weighted by atomic mass is 9.85. The van der Waals surface area contributed by atoms with Crippen molar-refractivity contribution in [3.8, 4) is 0 Å². The highest BCUT2D eigenvalue weighted by molar-refractivity contribution is 7.15. The van der Waals surface area contributed by atoms with E-state index < -0.39 is 0 Å². The molecule has 7 heteroatoms. The molecule has 3 aliphatic heterocycles. The van der Waals surface area contributed by atoms with Crippen LogP contribution in [0.4, 0.5) is 5.13 Å². The van der Waals surface area contributed by atoms with Crippen molar-refractivity contribution in [3.05, 3.63) is 5.01 Å². The van der Waals surface area contributed by atoms with E-state index in [-0.39, 0.29) is 18.1 Å². The maximum absolute atomic E-state index is 12.2. The fourth-order valence-electron chi connectivity index (χ4n) is 4.04. The number of hydrogen-bond acceptors (Lipinski definition) is 6. The van der Waals surface area contributed by atoms with Crippen LogP contribution in [0.3, 0.4) is 0 Å². The fraction of sp³-hybridized carbons (Fsp3) is 0.800. The zero-order valence-electron chi connectivity index (χ0n) is 12.9. The smallest absolute Gasteiger partial charge is 0.223 e. The minimum Gasteiger partial charge on any atom is -0.376 e. The third kappa shape index (κ3) is 2.50. The Hall–Kier alpha value is -1.21. The quantitative estimate of drug-likeness (QED) is 0.825. The fourth-order valence-corrected chi connectivity index (χ4v) is 4.74. The van der Waals surface area contributed by atoms with Gasteiger partial charge in [-0.25, -0.2) is 0 Å². The number of hydrogen-bond donors (Lipinski definition) is 0. The lowest BCUT2D eigenvalue weighted by Crippen LogP contribution is -2.61. The molecule has 3 saturated heterocycles. The summed E-state index contributed by atoms with van der Waals surface area (Å²) in [6, 6.07) is 0.165. The summed E-state index contributed by atoms with van der Waals surface area (Å²) in [7, 11) is 0. The van der Waals surface area contributed by atoms with Gasteiger partial charge in [0.25, 0.3) is 0 Å². The second-order valence-electron chi connectivity index (χ2n) is 6.50. The topological polar surface area (TPSA) is 58.6 Å². The number of nitrogens with zero attached hydrogens (tertiary/aromatic N) is 4. The number of aryl methyl sites for hydroxylation is 1. The van der Waals surface area contributed by atoms with E-state index in [1.165, 1.54) is 6.42 Å². The molecule has 0 aromatic carbocycles. The van der Waals surface area contributed by atoms with Gasteiger partial charge in [0.1, 0.15) is 5.01 Å². The summed E-state index contributed by atoms with van der Waals surface area (Å²) >= 11 is 1.64. The molecule has 120 valence electrons. The standard InChI is InChI=1S/C15H22N4O2S/c1-10-16-17-15(22-10)18-8-11-4-3-7-21-14(11)12(9-18)19-6-2-5-13(19)20/h11-12,14H,2-9H2,1H3/t11-,12-,14-/m1/s1. The van der Waals surface area contributed by atoms with Crippen LogP contribution in [0.25, 0.3) is 0 Å². The molecule has 0 aliphatic carbocycles. The van der Waals surface area contributed by atoms with Crippen LogP contribution in [0.15, 0.2) is 0 Å². The van der Waals surface area contributed by atoms with Crippen molar-refractivity contribution in [2.75, 3.05) is 31.1 Å². The van der Waals surface area contributed by atoms with Crippen molar-refractivity contribution in [3.63, 3.8) is 0 Å². The van der Waals surface area contributed by atoms with E-state index in [9.17, 15) is 4.79 Å². The Labute approximate surface area is 134 Å². The normalized spacial score (nSPS) is 32.4. The van der Waals surface area contributed by atoms with Crippen LogP contribution in [0.2, 0.25) is 0 Å². The Morgan fingerprint density at radius 2 is 2.18 bits per heavy atom. The molecule has 0 saturated carbocycles. The SMILES string of the molecule is Cc1nnc(N2C[C@H]3CCCO[C@H]3[C@H](N3CCCC3=O)C2)s1. The summed E-state index contributed by atoms with van der Waals surface area (Å²) in [4.78, 5) is 16.6. The summed E-state index contributed by atoms with van der Waals surface area (Å²) in [5.74, 6) is 0.776. The number of fused-ring (bicyclic) bond motifs is 1. The second-order valence-corrected chi connectivity index (χ2v) is 7.66. The van der Waals surface area contributed by atoms with Gasteiger partial charge in [-0.15, -0.1) is 10.2 Å². The van der Waals surface area contributed by atoms with E-state index in [2.05, 4.69) is 20.0 Å². The second kappa shape index (κ2) is 5.77. The molecule has 4 rings (SSSR count). The summed E-state index contributed by atoms with van der Waals surface area (Å²) < 4.78 is 6.09. The Kier molecular flexibility index (Phi) is 3.78. The Bertz CT molecular complexity index is 563. The van der Waals surface area contributed by atoms with Crippen LogP contribution >= 0.6 is 11.3 Å². The van der Waals surface area contributed by atoms with Crippen molar-refractivity contribution < 1.29 is 9.53 Å². The highest BCUT2D eigenvalue weighted by atomic mass is 32.1. The molecule has 1 amide bonds. The van der Waals surface area contributed by atoms with Gasteiger partial charge < -0.3 is 14.5 Å². The van der Waals surface area contributed by atoms with Gasteiger partial charge in [-0.3, -0.25) is 4.79 Å². The first-order valence-electron chi connectivity index (χ1n) is 8.18. The molecule has 0 radical (unpaired) electrons. The van der Waals surface area contributed by atoms with Gasteiger partial charge in [0.05, 0.1) is 12.1 Å². The van der Waals surface area contributed by atoms with Gasteiger partial charge in [0.15, 0.2) is 0 Å². The van der Waals surface area contributed by atoms with Crippen molar-refractivity contribution >= 4 is 22.4 Å². The van der Waals surface area contributed by atoms with Gasteiger partial charge in [-0.1, -0.05) is 11.3 Å². The molecule has 4 heterocycles. The van der Waals surface area contributed by atoms with E-state index in [4.69, 9.17) is 4.74 Å². The number of rotatable bonds is 2. The molecule has 1 aromatic heterocycles. The van der Waals surface area contributed by atoms with Crippen LogP contribution in [0.1, 0.15) is 30.7 Å². The largest absolute Gasteiger partial charge is 0.376 e. The minimum absolute atomic E-state index is 0.165. The molecule has 0 bridgehead atoms. The third-order valence-electron chi connectivity index (χ3n) is 5.03. The van der Waals surface area contributed by atoms with Crippen LogP contribution in [0.5, 0.6) is 0 Å². The first-order chi connectivity index (χ1) is 10.7. The van der Waals surface area contributed by atoms with Crippen molar-refractivity contribution in [1.29, 1.82) is 0 Å². The molecule has 0 N–H and O–H groups in total. The number of likely N-dealkylation sites (tertiary alicyclic amines) is 1. The molecule has 0 spiro atoms. The van der Waals surface area contributed by atoms with Crippen LogP contribution in [-0.2, 0) is 9.53 Å². The lowest BCUT2D eigenvalue weighted by Gasteiger charge is -2.48. The van der Waals surface area contributed by atoms with E-state index in [1.54, 1.807) is 11.3 Å². The van der Waals surface area contributed by atoms with Crippen LogP contribution in [-0.4, -0.2) is 59.4 Å². The van der Waals surface area contributed by atoms with Crippen molar-refractivity contribution in [2.45, 2.75) is 44.8 Å². The van der Waals surface area contributed by atoms with Crippen molar-refractivity contribution in [1.82, 2.24) is 15.1 Å². The summed E-state index contributed by atoms with van der Waals surface area (Å²) in [5, 5.41) is 10.4. The average molecular weight is 322 g/mol. The van der Waals surface area contributed by atoms with E-state index >= 15 is 0 Å². The number of amides is 1. The summed E-state index contributed by atoms with van der Waals surface area (Å²) in [5.41, 5.74) is 0. The first kappa shape index (κ1) is 14.4. The molecule has 3 atom stereocenters. The number of aromatic nitrogens is 2. The summed E-state index contributed by atoms with van der Waals surface area (Å²) in [6.45, 7) is 5.48. The van der Waals surface area contributed by atoms with Gasteiger partial charge in [-0.2, -0.15) is 0 Å². The van der Waals surface area contributed by atoms with Crippen molar-refractivity contribution in [2.24, 2.45) is 5.92 Å². The summed E-state index contributed by atoms with van der Waals surface area (Å²) in [6.07, 6.45) is 4.15. The molecular formula is C15H22N4O2S. The predicted molar refractivity (Wildman–Crippen MR) is 84.1 cm³/mol. The molecule has 3 aliphatic rings. The molecular weight excluding hydrogens is 300 g/mol. The van der Waals surface area contributed by atoms with E-state index in [0.29, 0.717) is 12.3 Å². The minimum atomic E-state index is 0.165. The molecule has 0 unspecified atom stereocenters. The maximum atomic E-state index is 12.2. The Balaban J connectivity index is 1.60. The van der Waals surface area contributed by atoms with Gasteiger partial charge in [0.2, 0.25) is 11.0 Å². The Morgan fingerprint density at radius 1 is 1.27 bits per heavy atom. The van der Waals surface area contributed by atoms with E-state index in [1.807, 2.05) is 6.92 Å². The number of carbonyl (C=O) groups is 1. The predicted octanol–water partition coefficient (Wildman–Crippen LogP) is 1.45. The highest BCUT2D eigenvalue weighted by Gasteiger charge is 2.44. The van der Waals surface area contributed by atoms with E-state index in [0.717, 1.165) is 49.2 Å². The third-order valence-corrected chi connectivity index (χ3v) is 5.93. The molecule has 6 nitrogen and oxygen atoms in total. The molecule has 1 aromatic rings. The maximum Gasteiger partial charge on any atom is 0.223 e. The van der Waals surface area contributed by atoms with Crippen LogP contribution < -0.4 is 4.90 Å². The zero-order valence-corrected chi connectivity index (χ0v) is 13.7. The number of piperidine rings is 1. The average Bonchev–Trinajstić information content (AvgIpc) is 3.15. The zero-order chi connectivity index (χ0) is 15.1. The number of anilines is 1. The van der Waals surface area contributed by atoms with Gasteiger partial charge >= 0.3 is 0 Å². The first-order valence-corrected chi connectivity index (χ1v) is 9.00. The lowest BCUT2D eigenvalue weighted by molar-refractivity contribution is -0.137. The van der Waals surface area contributed by atoms with Gasteiger partial charge in [-0.05, 0) is 26.2 Å². The number of ether oxygens (including phenoxy) is 1. The monoisotopic (exact) mass is 322 g/mol.